The maximum Gasteiger partial charge on any atom is 0.253 e. The summed E-state index contributed by atoms with van der Waals surface area (Å²) in [6, 6.07) is 6.00. The van der Waals surface area contributed by atoms with Crippen molar-refractivity contribution in [2.75, 3.05) is 40.4 Å². The van der Waals surface area contributed by atoms with Gasteiger partial charge in [0.05, 0.1) is 11.7 Å². The molecule has 2 fully saturated rings. The summed E-state index contributed by atoms with van der Waals surface area (Å²) in [7, 11) is 3.47. The van der Waals surface area contributed by atoms with Crippen LogP contribution in [0, 0.1) is 13.8 Å². The molecule has 154 valence electrons. The van der Waals surface area contributed by atoms with E-state index in [1.807, 2.05) is 30.9 Å². The van der Waals surface area contributed by atoms with Gasteiger partial charge < -0.3 is 19.3 Å². The molecular formula is C22H32N2O4. The second-order valence-electron chi connectivity index (χ2n) is 8.41. The topological polar surface area (TPSA) is 59.1 Å². The monoisotopic (exact) mass is 388 g/mol. The van der Waals surface area contributed by atoms with E-state index in [0.717, 1.165) is 42.4 Å². The lowest BCUT2D eigenvalue weighted by atomic mass is 9.83. The van der Waals surface area contributed by atoms with Gasteiger partial charge in [0.1, 0.15) is 6.61 Å². The molecule has 1 unspecified atom stereocenters. The highest BCUT2D eigenvalue weighted by atomic mass is 16.5. The summed E-state index contributed by atoms with van der Waals surface area (Å²) in [4.78, 5) is 28.2. The van der Waals surface area contributed by atoms with Crippen LogP contribution in [0.1, 0.15) is 47.2 Å². The lowest BCUT2D eigenvalue weighted by Crippen LogP contribution is -2.52. The molecule has 2 amide bonds. The number of likely N-dealkylation sites (N-methyl/N-ethyl adjacent to an activating group) is 1. The van der Waals surface area contributed by atoms with Crippen LogP contribution in [0.3, 0.4) is 0 Å². The van der Waals surface area contributed by atoms with Crippen LogP contribution in [-0.2, 0) is 14.3 Å². The minimum absolute atomic E-state index is 0.0191. The molecule has 1 aromatic rings. The molecule has 0 aromatic heterocycles. The van der Waals surface area contributed by atoms with Crippen LogP contribution >= 0.6 is 0 Å². The molecule has 0 radical (unpaired) electrons. The third-order valence-corrected chi connectivity index (χ3v) is 5.82. The SMILES string of the molecule is Cc1cc(C)cc(C(=O)N2CCC3(CC2)CC(OCC(=O)N(C)C)CCO3)c1. The van der Waals surface area contributed by atoms with Gasteiger partial charge in [-0.05, 0) is 45.2 Å². The van der Waals surface area contributed by atoms with Crippen molar-refractivity contribution in [1.82, 2.24) is 9.80 Å². The fourth-order valence-electron chi connectivity index (χ4n) is 4.19. The lowest BCUT2D eigenvalue weighted by Gasteiger charge is -2.46. The fourth-order valence-corrected chi connectivity index (χ4v) is 4.19. The molecule has 28 heavy (non-hydrogen) atoms. The predicted octanol–water partition coefficient (Wildman–Crippen LogP) is 2.56. The second-order valence-corrected chi connectivity index (χ2v) is 8.41. The van der Waals surface area contributed by atoms with Gasteiger partial charge in [0, 0.05) is 45.8 Å². The molecule has 1 atom stereocenters. The number of piperidine rings is 1. The Morgan fingerprint density at radius 3 is 2.43 bits per heavy atom. The zero-order valence-corrected chi connectivity index (χ0v) is 17.5. The van der Waals surface area contributed by atoms with Crippen LogP contribution in [0.15, 0.2) is 18.2 Å². The van der Waals surface area contributed by atoms with Gasteiger partial charge in [-0.3, -0.25) is 9.59 Å². The van der Waals surface area contributed by atoms with Crippen molar-refractivity contribution in [1.29, 1.82) is 0 Å². The maximum atomic E-state index is 12.9. The number of hydrogen-bond acceptors (Lipinski definition) is 4. The van der Waals surface area contributed by atoms with Crippen LogP contribution in [0.25, 0.3) is 0 Å². The van der Waals surface area contributed by atoms with Crippen molar-refractivity contribution < 1.29 is 19.1 Å². The number of nitrogens with zero attached hydrogens (tertiary/aromatic N) is 2. The zero-order valence-electron chi connectivity index (χ0n) is 17.5. The highest BCUT2D eigenvalue weighted by Gasteiger charge is 2.41. The predicted molar refractivity (Wildman–Crippen MR) is 107 cm³/mol. The van der Waals surface area contributed by atoms with E-state index in [4.69, 9.17) is 9.47 Å². The molecule has 1 spiro atoms. The minimum Gasteiger partial charge on any atom is -0.375 e. The Hall–Kier alpha value is -1.92. The van der Waals surface area contributed by atoms with Crippen LogP contribution in [0.5, 0.6) is 0 Å². The zero-order chi connectivity index (χ0) is 20.3. The van der Waals surface area contributed by atoms with Crippen molar-refractivity contribution in [3.8, 4) is 0 Å². The van der Waals surface area contributed by atoms with Gasteiger partial charge in [-0.2, -0.15) is 0 Å². The van der Waals surface area contributed by atoms with Crippen molar-refractivity contribution in [2.45, 2.75) is 51.2 Å². The van der Waals surface area contributed by atoms with Crippen LogP contribution in [0.2, 0.25) is 0 Å². The first-order chi connectivity index (χ1) is 13.3. The van der Waals surface area contributed by atoms with Gasteiger partial charge in [0.25, 0.3) is 5.91 Å². The first-order valence-electron chi connectivity index (χ1n) is 10.1. The summed E-state index contributed by atoms with van der Waals surface area (Å²) >= 11 is 0. The van der Waals surface area contributed by atoms with E-state index in [-0.39, 0.29) is 30.1 Å². The van der Waals surface area contributed by atoms with Gasteiger partial charge in [0.15, 0.2) is 0 Å². The van der Waals surface area contributed by atoms with Gasteiger partial charge in [-0.15, -0.1) is 0 Å². The Morgan fingerprint density at radius 1 is 1.18 bits per heavy atom. The van der Waals surface area contributed by atoms with E-state index < -0.39 is 0 Å². The first-order valence-corrected chi connectivity index (χ1v) is 10.1. The van der Waals surface area contributed by atoms with Gasteiger partial charge >= 0.3 is 0 Å². The van der Waals surface area contributed by atoms with Gasteiger partial charge in [0.2, 0.25) is 5.91 Å². The largest absolute Gasteiger partial charge is 0.375 e. The smallest absolute Gasteiger partial charge is 0.253 e. The van der Waals surface area contributed by atoms with Crippen molar-refractivity contribution in [3.63, 3.8) is 0 Å². The number of likely N-dealkylation sites (tertiary alicyclic amines) is 1. The molecule has 0 bridgehead atoms. The molecular weight excluding hydrogens is 356 g/mol. The summed E-state index contributed by atoms with van der Waals surface area (Å²) < 4.78 is 12.0. The number of hydrogen-bond donors (Lipinski definition) is 0. The van der Waals surface area contributed by atoms with Crippen molar-refractivity contribution >= 4 is 11.8 Å². The molecule has 2 saturated heterocycles. The van der Waals surface area contributed by atoms with Gasteiger partial charge in [-0.25, -0.2) is 0 Å². The number of carbonyl (C=O) groups excluding carboxylic acids is 2. The third kappa shape index (κ3) is 4.92. The number of amides is 2. The number of carbonyl (C=O) groups is 2. The molecule has 0 saturated carbocycles. The van der Waals surface area contributed by atoms with E-state index in [0.29, 0.717) is 19.7 Å². The Balaban J connectivity index is 1.56. The highest BCUT2D eigenvalue weighted by Crippen LogP contribution is 2.36. The maximum absolute atomic E-state index is 12.9. The van der Waals surface area contributed by atoms with E-state index in [1.165, 1.54) is 0 Å². The third-order valence-electron chi connectivity index (χ3n) is 5.82. The molecule has 0 aliphatic carbocycles. The molecule has 6 heteroatoms. The number of benzene rings is 1. The van der Waals surface area contributed by atoms with Crippen LogP contribution in [0.4, 0.5) is 0 Å². The number of aryl methyl sites for hydroxylation is 2. The van der Waals surface area contributed by atoms with E-state index in [2.05, 4.69) is 6.07 Å². The summed E-state index contributed by atoms with van der Waals surface area (Å²) in [6.45, 7) is 6.18. The van der Waals surface area contributed by atoms with E-state index in [9.17, 15) is 9.59 Å². The fraction of sp³-hybridized carbons (Fsp3) is 0.636. The number of ether oxygens (including phenoxy) is 2. The molecule has 2 heterocycles. The molecule has 2 aliphatic rings. The van der Waals surface area contributed by atoms with Crippen LogP contribution < -0.4 is 0 Å². The molecule has 6 nitrogen and oxygen atoms in total. The summed E-state index contributed by atoms with van der Waals surface area (Å²) in [5, 5.41) is 0. The quantitative estimate of drug-likeness (QED) is 0.795. The lowest BCUT2D eigenvalue weighted by molar-refractivity contribution is -0.160. The van der Waals surface area contributed by atoms with E-state index >= 15 is 0 Å². The first kappa shape index (κ1) is 20.8. The Bertz CT molecular complexity index is 703. The van der Waals surface area contributed by atoms with Crippen molar-refractivity contribution in [3.05, 3.63) is 34.9 Å². The second kappa shape index (κ2) is 8.62. The highest BCUT2D eigenvalue weighted by molar-refractivity contribution is 5.94. The average molecular weight is 389 g/mol. The van der Waals surface area contributed by atoms with Gasteiger partial charge in [-0.1, -0.05) is 17.2 Å². The van der Waals surface area contributed by atoms with Crippen molar-refractivity contribution in [2.24, 2.45) is 0 Å². The normalized spacial score (nSPS) is 21.6. The molecule has 2 aliphatic heterocycles. The Labute approximate surface area is 167 Å². The molecule has 1 aromatic carbocycles. The standard InChI is InChI=1S/C22H32N2O4/c1-16-11-17(2)13-18(12-16)21(26)24-8-6-22(7-9-24)14-19(5-10-28-22)27-15-20(25)23(3)4/h11-13,19H,5-10,14-15H2,1-4H3. The molecule has 0 N–H and O–H groups in total. The molecule has 3 rings (SSSR count). The minimum atomic E-state index is -0.233. The Kier molecular flexibility index (Phi) is 6.40. The Morgan fingerprint density at radius 2 is 1.82 bits per heavy atom. The summed E-state index contributed by atoms with van der Waals surface area (Å²) in [5.74, 6) is 0.0799. The summed E-state index contributed by atoms with van der Waals surface area (Å²) in [6.07, 6.45) is 3.27. The summed E-state index contributed by atoms with van der Waals surface area (Å²) in [5.41, 5.74) is 2.75. The van der Waals surface area contributed by atoms with Crippen LogP contribution in [-0.4, -0.2) is 73.7 Å². The average Bonchev–Trinajstić information content (AvgIpc) is 2.65. The van der Waals surface area contributed by atoms with E-state index in [1.54, 1.807) is 19.0 Å². The number of rotatable bonds is 4.